The van der Waals surface area contributed by atoms with Gasteiger partial charge in [0.1, 0.15) is 10.8 Å². The van der Waals surface area contributed by atoms with Crippen LogP contribution in [-0.2, 0) is 6.42 Å². The van der Waals surface area contributed by atoms with Crippen LogP contribution in [0.4, 0.5) is 5.69 Å². The van der Waals surface area contributed by atoms with Gasteiger partial charge in [0.25, 0.3) is 5.91 Å². The Morgan fingerprint density at radius 1 is 1.21 bits per heavy atom. The van der Waals surface area contributed by atoms with Crippen LogP contribution in [-0.4, -0.2) is 32.8 Å². The van der Waals surface area contributed by atoms with Crippen LogP contribution in [0.2, 0.25) is 0 Å². The van der Waals surface area contributed by atoms with Gasteiger partial charge < -0.3 is 10.1 Å². The van der Waals surface area contributed by atoms with Gasteiger partial charge in [-0.1, -0.05) is 18.3 Å². The minimum absolute atomic E-state index is 0.196. The highest BCUT2D eigenvalue weighted by atomic mass is 127. The highest BCUT2D eigenvalue weighted by Gasteiger charge is 2.15. The number of halogens is 1. The summed E-state index contributed by atoms with van der Waals surface area (Å²) in [4.78, 5) is 13.4. The lowest BCUT2D eigenvalue weighted by Gasteiger charge is -2.11. The summed E-state index contributed by atoms with van der Waals surface area (Å²) in [5, 5.41) is 16.6. The summed E-state index contributed by atoms with van der Waals surface area (Å²) in [6.07, 6.45) is 0.754. The molecule has 0 saturated carbocycles. The van der Waals surface area contributed by atoms with E-state index in [9.17, 15) is 4.79 Å². The molecule has 0 aliphatic heterocycles. The van der Waals surface area contributed by atoms with Crippen molar-refractivity contribution in [3.05, 3.63) is 57.4 Å². The van der Waals surface area contributed by atoms with Gasteiger partial charge in [0, 0.05) is 21.1 Å². The van der Waals surface area contributed by atoms with Gasteiger partial charge in [0.2, 0.25) is 4.96 Å². The molecule has 0 atom stereocenters. The minimum Gasteiger partial charge on any atom is -0.495 e. The van der Waals surface area contributed by atoms with Crippen molar-refractivity contribution in [1.82, 2.24) is 19.8 Å². The van der Waals surface area contributed by atoms with Crippen LogP contribution in [0.15, 0.2) is 42.5 Å². The van der Waals surface area contributed by atoms with Crippen LogP contribution in [0.1, 0.15) is 23.1 Å². The van der Waals surface area contributed by atoms with Crippen LogP contribution in [0.5, 0.6) is 5.75 Å². The van der Waals surface area contributed by atoms with E-state index in [-0.39, 0.29) is 5.91 Å². The summed E-state index contributed by atoms with van der Waals surface area (Å²) >= 11 is 3.66. The van der Waals surface area contributed by atoms with Gasteiger partial charge in [0.05, 0.1) is 12.8 Å². The van der Waals surface area contributed by atoms with Gasteiger partial charge in [-0.2, -0.15) is 9.61 Å². The number of methoxy groups -OCH3 is 1. The van der Waals surface area contributed by atoms with Crippen molar-refractivity contribution >= 4 is 50.5 Å². The SMILES string of the molecule is CCc1nnc2sc(-c3ccc(OC)c(NC(=O)c4ccc(I)cc4)c3)nn12. The van der Waals surface area contributed by atoms with Crippen molar-refractivity contribution in [2.24, 2.45) is 0 Å². The van der Waals surface area contributed by atoms with Crippen molar-refractivity contribution in [3.8, 4) is 16.3 Å². The zero-order chi connectivity index (χ0) is 19.7. The number of hydrogen-bond donors (Lipinski definition) is 1. The Bertz CT molecular complexity index is 1150. The number of amides is 1. The normalized spacial score (nSPS) is 11.0. The molecule has 2 aromatic heterocycles. The number of rotatable bonds is 5. The number of anilines is 1. The molecular weight excluding hydrogens is 489 g/mol. The Morgan fingerprint density at radius 2 is 2.00 bits per heavy atom. The molecule has 2 aromatic carbocycles. The van der Waals surface area contributed by atoms with E-state index < -0.39 is 0 Å². The number of nitrogens with zero attached hydrogens (tertiary/aromatic N) is 4. The lowest BCUT2D eigenvalue weighted by atomic mass is 10.1. The second-order valence-corrected chi connectivity index (χ2v) is 8.15. The fourth-order valence-corrected chi connectivity index (χ4v) is 3.94. The maximum atomic E-state index is 12.6. The van der Waals surface area contributed by atoms with E-state index in [1.54, 1.807) is 23.8 Å². The van der Waals surface area contributed by atoms with Crippen LogP contribution in [0, 0.1) is 3.57 Å². The molecule has 1 N–H and O–H groups in total. The van der Waals surface area contributed by atoms with E-state index in [4.69, 9.17) is 4.74 Å². The first-order chi connectivity index (χ1) is 13.6. The van der Waals surface area contributed by atoms with Crippen LogP contribution in [0.25, 0.3) is 15.5 Å². The molecule has 2 heterocycles. The molecule has 9 heteroatoms. The predicted octanol–water partition coefficient (Wildman–Crippen LogP) is 4.28. The van der Waals surface area contributed by atoms with Crippen LogP contribution in [0.3, 0.4) is 0 Å². The first-order valence-corrected chi connectivity index (χ1v) is 10.4. The number of nitrogens with one attached hydrogen (secondary N) is 1. The molecule has 1 amide bonds. The molecule has 4 rings (SSSR count). The van der Waals surface area contributed by atoms with Gasteiger partial charge >= 0.3 is 0 Å². The molecule has 142 valence electrons. The predicted molar refractivity (Wildman–Crippen MR) is 117 cm³/mol. The third-order valence-corrected chi connectivity index (χ3v) is 5.84. The Kier molecular flexibility index (Phi) is 5.27. The number of carbonyl (C=O) groups is 1. The number of aromatic nitrogens is 4. The molecule has 28 heavy (non-hydrogen) atoms. The molecule has 0 spiro atoms. The van der Waals surface area contributed by atoms with Gasteiger partial charge in [-0.25, -0.2) is 0 Å². The number of benzene rings is 2. The van der Waals surface area contributed by atoms with E-state index in [1.165, 1.54) is 11.3 Å². The number of carbonyl (C=O) groups excluding carboxylic acids is 1. The molecule has 0 saturated heterocycles. The average molecular weight is 505 g/mol. The van der Waals surface area contributed by atoms with Crippen molar-refractivity contribution in [2.75, 3.05) is 12.4 Å². The Labute approximate surface area is 178 Å². The zero-order valence-electron chi connectivity index (χ0n) is 15.1. The van der Waals surface area contributed by atoms with E-state index in [0.29, 0.717) is 17.0 Å². The van der Waals surface area contributed by atoms with Crippen molar-refractivity contribution < 1.29 is 9.53 Å². The first kappa shape index (κ1) is 18.8. The Hall–Kier alpha value is -2.53. The molecule has 4 aromatic rings. The van der Waals surface area contributed by atoms with Crippen molar-refractivity contribution in [2.45, 2.75) is 13.3 Å². The minimum atomic E-state index is -0.196. The molecule has 0 aliphatic rings. The third-order valence-electron chi connectivity index (χ3n) is 4.17. The van der Waals surface area contributed by atoms with Gasteiger partial charge in [-0.15, -0.1) is 10.2 Å². The summed E-state index contributed by atoms with van der Waals surface area (Å²) in [5.74, 6) is 1.20. The summed E-state index contributed by atoms with van der Waals surface area (Å²) in [7, 11) is 1.58. The monoisotopic (exact) mass is 505 g/mol. The maximum Gasteiger partial charge on any atom is 0.255 e. The van der Waals surface area contributed by atoms with E-state index in [2.05, 4.69) is 43.2 Å². The third kappa shape index (κ3) is 3.59. The zero-order valence-corrected chi connectivity index (χ0v) is 18.1. The lowest BCUT2D eigenvalue weighted by Crippen LogP contribution is -2.12. The van der Waals surface area contributed by atoms with E-state index >= 15 is 0 Å². The van der Waals surface area contributed by atoms with Gasteiger partial charge in [-0.3, -0.25) is 4.79 Å². The quantitative estimate of drug-likeness (QED) is 0.410. The fourth-order valence-electron chi connectivity index (χ4n) is 2.73. The lowest BCUT2D eigenvalue weighted by molar-refractivity contribution is 0.102. The standard InChI is InChI=1S/C19H16IN5O2S/c1-3-16-22-23-19-25(16)24-18(28-19)12-6-9-15(27-2)14(10-12)21-17(26)11-4-7-13(20)8-5-11/h4-10H,3H2,1-2H3,(H,21,26). The topological polar surface area (TPSA) is 81.4 Å². The van der Waals surface area contributed by atoms with Crippen LogP contribution >= 0.6 is 33.9 Å². The molecule has 0 bridgehead atoms. The van der Waals surface area contributed by atoms with E-state index in [0.717, 1.165) is 31.3 Å². The summed E-state index contributed by atoms with van der Waals surface area (Å²) in [5.41, 5.74) is 2.04. The van der Waals surface area contributed by atoms with Gasteiger partial charge in [0.15, 0.2) is 5.82 Å². The van der Waals surface area contributed by atoms with Crippen molar-refractivity contribution in [1.29, 1.82) is 0 Å². The van der Waals surface area contributed by atoms with Gasteiger partial charge in [-0.05, 0) is 65.1 Å². The number of fused-ring (bicyclic) bond motifs is 1. The highest BCUT2D eigenvalue weighted by Crippen LogP contribution is 2.33. The summed E-state index contributed by atoms with van der Waals surface area (Å²) < 4.78 is 8.24. The molecule has 0 unspecified atom stereocenters. The number of hydrogen-bond acceptors (Lipinski definition) is 6. The second kappa shape index (κ2) is 7.84. The largest absolute Gasteiger partial charge is 0.495 e. The fraction of sp³-hybridized carbons (Fsp3) is 0.158. The van der Waals surface area contributed by atoms with Crippen molar-refractivity contribution in [3.63, 3.8) is 0 Å². The molecular formula is C19H16IN5O2S. The molecule has 0 fully saturated rings. The molecule has 0 aliphatic carbocycles. The average Bonchev–Trinajstić information content (AvgIpc) is 3.29. The van der Waals surface area contributed by atoms with E-state index in [1.807, 2.05) is 37.3 Å². The maximum absolute atomic E-state index is 12.6. The summed E-state index contributed by atoms with van der Waals surface area (Å²) in [6, 6.07) is 13.0. The second-order valence-electron chi connectivity index (χ2n) is 5.95. The Morgan fingerprint density at radius 3 is 2.71 bits per heavy atom. The first-order valence-electron chi connectivity index (χ1n) is 8.55. The summed E-state index contributed by atoms with van der Waals surface area (Å²) in [6.45, 7) is 2.01. The number of aryl methyl sites for hydroxylation is 1. The van der Waals surface area contributed by atoms with Crippen LogP contribution < -0.4 is 10.1 Å². The smallest absolute Gasteiger partial charge is 0.255 e. The molecule has 7 nitrogen and oxygen atoms in total. The molecule has 0 radical (unpaired) electrons. The number of ether oxygens (including phenoxy) is 1. The Balaban J connectivity index is 1.67. The highest BCUT2D eigenvalue weighted by molar-refractivity contribution is 14.1.